The number of esters is 3. The molecule has 0 saturated carbocycles. The minimum Gasteiger partial charge on any atom is -0.423 e. The minimum atomic E-state index is -0.639. The van der Waals surface area contributed by atoms with Crippen LogP contribution in [0.1, 0.15) is 26.3 Å². The number of hydrogen-bond acceptors (Lipinski definition) is 7. The summed E-state index contributed by atoms with van der Waals surface area (Å²) >= 11 is 4.77. The first-order valence-corrected chi connectivity index (χ1v) is 6.46. The van der Waals surface area contributed by atoms with Crippen molar-refractivity contribution in [1.29, 1.82) is 0 Å². The van der Waals surface area contributed by atoms with Crippen molar-refractivity contribution < 1.29 is 28.6 Å². The molecule has 0 aliphatic carbocycles. The van der Waals surface area contributed by atoms with Gasteiger partial charge in [0, 0.05) is 27.2 Å². The third kappa shape index (κ3) is 5.31. The second-order valence-corrected chi connectivity index (χ2v) is 4.41. The molecule has 0 aliphatic heterocycles. The van der Waals surface area contributed by atoms with Gasteiger partial charge >= 0.3 is 17.9 Å². The van der Waals surface area contributed by atoms with Crippen molar-refractivity contribution in [1.82, 2.24) is 0 Å². The van der Waals surface area contributed by atoms with E-state index in [1.54, 1.807) is 0 Å². The summed E-state index contributed by atoms with van der Waals surface area (Å²) < 4.78 is 15.0. The van der Waals surface area contributed by atoms with E-state index in [4.69, 9.17) is 26.4 Å². The highest BCUT2D eigenvalue weighted by Crippen LogP contribution is 2.39. The van der Waals surface area contributed by atoms with E-state index in [1.165, 1.54) is 38.3 Å². The van der Waals surface area contributed by atoms with E-state index in [1.807, 2.05) is 0 Å². The molecule has 0 bridgehead atoms. The van der Waals surface area contributed by atoms with Gasteiger partial charge in [0.15, 0.2) is 11.5 Å². The van der Waals surface area contributed by atoms with Crippen LogP contribution in [-0.2, 0) is 20.8 Å². The smallest absolute Gasteiger partial charge is 0.308 e. The van der Waals surface area contributed by atoms with Gasteiger partial charge in [0.25, 0.3) is 0 Å². The Morgan fingerprint density at radius 3 is 1.71 bits per heavy atom. The molecule has 7 heteroatoms. The molecule has 0 atom stereocenters. The Morgan fingerprint density at radius 2 is 1.38 bits per heavy atom. The van der Waals surface area contributed by atoms with Crippen LogP contribution in [0.5, 0.6) is 17.2 Å². The fraction of sp³-hybridized carbons (Fsp3) is 0.286. The van der Waals surface area contributed by atoms with Crippen LogP contribution in [0.4, 0.5) is 0 Å². The molecular formula is C14H14O6S. The third-order valence-electron chi connectivity index (χ3n) is 2.15. The number of rotatable bonds is 5. The second-order valence-electron chi connectivity index (χ2n) is 4.07. The molecule has 1 aromatic rings. The topological polar surface area (TPSA) is 78.9 Å². The molecule has 1 aromatic carbocycles. The number of carbonyl (C=O) groups is 3. The van der Waals surface area contributed by atoms with Crippen LogP contribution >= 0.6 is 12.2 Å². The zero-order valence-corrected chi connectivity index (χ0v) is 12.6. The molecule has 0 radical (unpaired) electrons. The Balaban J connectivity index is 3.42. The highest BCUT2D eigenvalue weighted by atomic mass is 32.1. The molecule has 1 rings (SSSR count). The summed E-state index contributed by atoms with van der Waals surface area (Å²) in [5.41, 5.74) is 0.647. The lowest BCUT2D eigenvalue weighted by Gasteiger charge is -2.14. The Kier molecular flexibility index (Phi) is 5.98. The normalized spacial score (nSPS) is 9.67. The van der Waals surface area contributed by atoms with Crippen LogP contribution < -0.4 is 14.2 Å². The summed E-state index contributed by atoms with van der Waals surface area (Å²) in [7, 11) is 0. The molecule has 6 nitrogen and oxygen atoms in total. The van der Waals surface area contributed by atoms with Gasteiger partial charge in [0.05, 0.1) is 0 Å². The Morgan fingerprint density at radius 1 is 0.952 bits per heavy atom. The van der Waals surface area contributed by atoms with Gasteiger partial charge in [-0.3, -0.25) is 14.4 Å². The molecule has 0 saturated heterocycles. The first kappa shape index (κ1) is 16.8. The molecule has 0 aliphatic rings. The first-order chi connectivity index (χ1) is 9.83. The maximum Gasteiger partial charge on any atom is 0.308 e. The molecule has 0 fully saturated rings. The van der Waals surface area contributed by atoms with Crippen molar-refractivity contribution in [3.8, 4) is 17.2 Å². The molecular weight excluding hydrogens is 296 g/mol. The molecule has 21 heavy (non-hydrogen) atoms. The van der Waals surface area contributed by atoms with Gasteiger partial charge in [0.2, 0.25) is 5.75 Å². The maximum atomic E-state index is 11.2. The first-order valence-electron chi connectivity index (χ1n) is 5.99. The van der Waals surface area contributed by atoms with E-state index in [-0.39, 0.29) is 17.2 Å². The van der Waals surface area contributed by atoms with Crippen LogP contribution in [0.2, 0.25) is 0 Å². The molecule has 0 heterocycles. The van der Waals surface area contributed by atoms with Gasteiger partial charge < -0.3 is 14.2 Å². The maximum absolute atomic E-state index is 11.2. The van der Waals surface area contributed by atoms with Crippen molar-refractivity contribution in [2.45, 2.75) is 27.2 Å². The second kappa shape index (κ2) is 7.49. The monoisotopic (exact) mass is 310 g/mol. The Bertz CT molecular complexity index is 556. The zero-order chi connectivity index (χ0) is 16.0. The molecule has 0 N–H and O–H groups in total. The zero-order valence-electron chi connectivity index (χ0n) is 11.8. The Labute approximate surface area is 127 Å². The lowest BCUT2D eigenvalue weighted by atomic mass is 10.1. The van der Waals surface area contributed by atoms with Crippen molar-refractivity contribution in [2.75, 3.05) is 0 Å². The molecule has 0 amide bonds. The number of carbonyl (C=O) groups excluding carboxylic acids is 3. The summed E-state index contributed by atoms with van der Waals surface area (Å²) in [6.45, 7) is 3.59. The fourth-order valence-electron chi connectivity index (χ4n) is 1.55. The summed E-state index contributed by atoms with van der Waals surface area (Å²) in [6, 6.07) is 2.99. The third-order valence-corrected chi connectivity index (χ3v) is 2.32. The predicted octanol–water partition coefficient (Wildman–Crippen LogP) is 2.00. The molecule has 112 valence electrons. The van der Waals surface area contributed by atoms with E-state index in [0.29, 0.717) is 12.0 Å². The number of hydrogen-bond donors (Lipinski definition) is 0. The largest absolute Gasteiger partial charge is 0.423 e. The quantitative estimate of drug-likeness (QED) is 0.467. The van der Waals surface area contributed by atoms with Crippen molar-refractivity contribution in [3.05, 3.63) is 17.7 Å². The van der Waals surface area contributed by atoms with Crippen LogP contribution in [0.25, 0.3) is 0 Å². The van der Waals surface area contributed by atoms with Gasteiger partial charge in [-0.15, -0.1) is 0 Å². The van der Waals surface area contributed by atoms with E-state index in [9.17, 15) is 14.4 Å². The summed E-state index contributed by atoms with van der Waals surface area (Å²) in [5, 5.41) is 1.47. The molecule has 0 unspecified atom stereocenters. The van der Waals surface area contributed by atoms with Crippen LogP contribution in [-0.4, -0.2) is 23.3 Å². The average molecular weight is 310 g/mol. The van der Waals surface area contributed by atoms with Crippen LogP contribution in [0.15, 0.2) is 12.1 Å². The van der Waals surface area contributed by atoms with E-state index < -0.39 is 17.9 Å². The Hall–Kier alpha value is -2.28. The van der Waals surface area contributed by atoms with Gasteiger partial charge in [-0.1, -0.05) is 12.2 Å². The van der Waals surface area contributed by atoms with Gasteiger partial charge in [-0.25, -0.2) is 0 Å². The standard InChI is InChI=1S/C14H14O6S/c1-8(15)18-12-6-11(4-5-21)7-13(19-9(2)16)14(12)20-10(3)17/h5-7H,4H2,1-3H3. The van der Waals surface area contributed by atoms with Crippen molar-refractivity contribution >= 4 is 35.5 Å². The van der Waals surface area contributed by atoms with Gasteiger partial charge in [0.1, 0.15) is 0 Å². The summed E-state index contributed by atoms with van der Waals surface area (Å²) in [6.07, 6.45) is 0.387. The number of benzene rings is 1. The minimum absolute atomic E-state index is 0.0108. The molecule has 0 spiro atoms. The molecule has 0 aromatic heterocycles. The predicted molar refractivity (Wildman–Crippen MR) is 77.7 cm³/mol. The SMILES string of the molecule is CC(=O)Oc1cc(CC=S)cc(OC(C)=O)c1OC(C)=O. The van der Waals surface area contributed by atoms with Crippen molar-refractivity contribution in [2.24, 2.45) is 0 Å². The van der Waals surface area contributed by atoms with E-state index in [0.717, 1.165) is 0 Å². The highest BCUT2D eigenvalue weighted by molar-refractivity contribution is 7.78. The van der Waals surface area contributed by atoms with E-state index >= 15 is 0 Å². The van der Waals surface area contributed by atoms with Crippen LogP contribution in [0, 0.1) is 0 Å². The highest BCUT2D eigenvalue weighted by Gasteiger charge is 2.19. The fourth-order valence-corrected chi connectivity index (χ4v) is 1.74. The van der Waals surface area contributed by atoms with Crippen molar-refractivity contribution in [3.63, 3.8) is 0 Å². The summed E-state index contributed by atoms with van der Waals surface area (Å²) in [5.74, 6) is -1.99. The number of ether oxygens (including phenoxy) is 3. The summed E-state index contributed by atoms with van der Waals surface area (Å²) in [4.78, 5) is 33.5. The van der Waals surface area contributed by atoms with Gasteiger partial charge in [-0.05, 0) is 23.1 Å². The lowest BCUT2D eigenvalue weighted by Crippen LogP contribution is -2.11. The van der Waals surface area contributed by atoms with Crippen LogP contribution in [0.3, 0.4) is 0 Å². The lowest BCUT2D eigenvalue weighted by molar-refractivity contribution is -0.135. The van der Waals surface area contributed by atoms with Gasteiger partial charge in [-0.2, -0.15) is 0 Å². The van der Waals surface area contributed by atoms with E-state index in [2.05, 4.69) is 0 Å². The number of thiocarbonyl (C=S) groups is 1. The average Bonchev–Trinajstić information content (AvgIpc) is 2.32.